The van der Waals surface area contributed by atoms with E-state index in [0.717, 1.165) is 0 Å². The van der Waals surface area contributed by atoms with E-state index in [9.17, 15) is 13.2 Å². The summed E-state index contributed by atoms with van der Waals surface area (Å²) < 4.78 is 24.2. The van der Waals surface area contributed by atoms with Crippen molar-refractivity contribution in [1.29, 1.82) is 0 Å². The number of carbonyl (C=O) groups is 1. The van der Waals surface area contributed by atoms with Gasteiger partial charge in [-0.1, -0.05) is 12.2 Å². The zero-order valence-electron chi connectivity index (χ0n) is 7.74. The molecule has 0 atom stereocenters. The fraction of sp³-hybridized carbons (Fsp3) is 0.667. The number of hydrogen-bond acceptors (Lipinski definition) is 4. The molecule has 0 aromatic rings. The quantitative estimate of drug-likeness (QED) is 0.481. The molecule has 0 saturated carbocycles. The lowest BCUT2D eigenvalue weighted by molar-refractivity contribution is -0.119. The SMILES string of the molecule is CCNC(=O)CNS(=O)(=O)CC(N)=S. The summed E-state index contributed by atoms with van der Waals surface area (Å²) in [6.45, 7) is 1.90. The van der Waals surface area contributed by atoms with E-state index < -0.39 is 15.8 Å². The second-order valence-corrected chi connectivity index (χ2v) is 4.83. The van der Waals surface area contributed by atoms with Gasteiger partial charge in [0.25, 0.3) is 0 Å². The van der Waals surface area contributed by atoms with Gasteiger partial charge in [-0.15, -0.1) is 0 Å². The lowest BCUT2D eigenvalue weighted by Crippen LogP contribution is -2.39. The highest BCUT2D eigenvalue weighted by molar-refractivity contribution is 7.92. The Balaban J connectivity index is 4.00. The third kappa shape index (κ3) is 6.75. The van der Waals surface area contributed by atoms with Crippen molar-refractivity contribution in [2.75, 3.05) is 18.8 Å². The molecule has 0 aliphatic carbocycles. The van der Waals surface area contributed by atoms with Crippen LogP contribution in [0.15, 0.2) is 0 Å². The fourth-order valence-corrected chi connectivity index (χ4v) is 1.97. The number of amides is 1. The van der Waals surface area contributed by atoms with Crippen LogP contribution in [0.4, 0.5) is 0 Å². The number of thiocarbonyl (C=S) groups is 1. The van der Waals surface area contributed by atoms with Crippen LogP contribution >= 0.6 is 12.2 Å². The Labute approximate surface area is 88.3 Å². The van der Waals surface area contributed by atoms with Crippen LogP contribution in [0.1, 0.15) is 6.92 Å². The first-order valence-corrected chi connectivity index (χ1v) is 5.95. The van der Waals surface area contributed by atoms with Crippen LogP contribution in [0, 0.1) is 0 Å². The van der Waals surface area contributed by atoms with Crippen LogP contribution in [0.2, 0.25) is 0 Å². The van der Waals surface area contributed by atoms with E-state index in [4.69, 9.17) is 5.73 Å². The number of nitrogens with one attached hydrogen (secondary N) is 2. The van der Waals surface area contributed by atoms with Crippen molar-refractivity contribution in [3.05, 3.63) is 0 Å². The van der Waals surface area contributed by atoms with E-state index in [1.807, 2.05) is 0 Å². The third-order valence-corrected chi connectivity index (χ3v) is 2.76. The number of carbonyl (C=O) groups excluding carboxylic acids is 1. The molecule has 0 spiro atoms. The molecule has 0 aromatic carbocycles. The molecule has 14 heavy (non-hydrogen) atoms. The van der Waals surface area contributed by atoms with Crippen molar-refractivity contribution in [2.24, 2.45) is 5.73 Å². The molecule has 0 heterocycles. The van der Waals surface area contributed by atoms with Crippen LogP contribution in [0.25, 0.3) is 0 Å². The number of sulfonamides is 1. The Morgan fingerprint density at radius 2 is 2.07 bits per heavy atom. The molecule has 8 heteroatoms. The van der Waals surface area contributed by atoms with E-state index in [1.54, 1.807) is 6.92 Å². The van der Waals surface area contributed by atoms with E-state index in [0.29, 0.717) is 6.54 Å². The Morgan fingerprint density at radius 3 is 2.50 bits per heavy atom. The summed E-state index contributed by atoms with van der Waals surface area (Å²) in [6, 6.07) is 0. The van der Waals surface area contributed by atoms with Gasteiger partial charge in [0.2, 0.25) is 15.9 Å². The van der Waals surface area contributed by atoms with Crippen LogP contribution in [0.3, 0.4) is 0 Å². The average molecular weight is 239 g/mol. The van der Waals surface area contributed by atoms with E-state index in [-0.39, 0.29) is 17.4 Å². The monoisotopic (exact) mass is 239 g/mol. The van der Waals surface area contributed by atoms with Crippen molar-refractivity contribution < 1.29 is 13.2 Å². The number of likely N-dealkylation sites (N-methyl/N-ethyl adjacent to an activating group) is 1. The molecular formula is C6H13N3O3S2. The zero-order valence-corrected chi connectivity index (χ0v) is 9.37. The van der Waals surface area contributed by atoms with Gasteiger partial charge in [-0.25, -0.2) is 13.1 Å². The number of nitrogens with two attached hydrogens (primary N) is 1. The summed E-state index contributed by atoms with van der Waals surface area (Å²) in [6.07, 6.45) is 0. The maximum absolute atomic E-state index is 11.1. The summed E-state index contributed by atoms with van der Waals surface area (Å²) in [5.41, 5.74) is 5.06. The fourth-order valence-electron chi connectivity index (χ4n) is 0.673. The Morgan fingerprint density at radius 1 is 1.50 bits per heavy atom. The molecule has 0 aromatic heterocycles. The summed E-state index contributed by atoms with van der Waals surface area (Å²) in [5.74, 6) is -0.833. The minimum absolute atomic E-state index is 0.131. The van der Waals surface area contributed by atoms with Gasteiger partial charge in [-0.3, -0.25) is 4.79 Å². The molecule has 0 aliphatic heterocycles. The predicted molar refractivity (Wildman–Crippen MR) is 57.3 cm³/mol. The highest BCUT2D eigenvalue weighted by atomic mass is 32.2. The zero-order chi connectivity index (χ0) is 11.2. The lowest BCUT2D eigenvalue weighted by Gasteiger charge is -2.05. The third-order valence-electron chi connectivity index (χ3n) is 1.16. The summed E-state index contributed by atoms with van der Waals surface area (Å²) in [7, 11) is -3.57. The second kappa shape index (κ2) is 5.89. The standard InChI is InChI=1S/C6H13N3O3S2/c1-2-8-6(10)3-9-14(11,12)4-5(7)13/h9H,2-4H2,1H3,(H2,7,13)(H,8,10). The summed E-state index contributed by atoms with van der Waals surface area (Å²) in [4.78, 5) is 10.7. The van der Waals surface area contributed by atoms with Gasteiger partial charge in [0.05, 0.1) is 11.5 Å². The smallest absolute Gasteiger partial charge is 0.235 e. The van der Waals surface area contributed by atoms with Gasteiger partial charge in [0.1, 0.15) is 5.75 Å². The van der Waals surface area contributed by atoms with Crippen molar-refractivity contribution in [3.63, 3.8) is 0 Å². The minimum atomic E-state index is -3.57. The van der Waals surface area contributed by atoms with Crippen LogP contribution in [-0.2, 0) is 14.8 Å². The Hall–Kier alpha value is -0.730. The molecule has 0 fully saturated rings. The van der Waals surface area contributed by atoms with E-state index >= 15 is 0 Å². The average Bonchev–Trinajstić information content (AvgIpc) is 1.99. The Kier molecular flexibility index (Phi) is 5.58. The van der Waals surface area contributed by atoms with Crippen molar-refractivity contribution in [2.45, 2.75) is 6.92 Å². The van der Waals surface area contributed by atoms with E-state index in [2.05, 4.69) is 22.3 Å². The van der Waals surface area contributed by atoms with Gasteiger partial charge in [-0.2, -0.15) is 0 Å². The van der Waals surface area contributed by atoms with Crippen LogP contribution in [-0.4, -0.2) is 38.2 Å². The topological polar surface area (TPSA) is 101 Å². The highest BCUT2D eigenvalue weighted by Gasteiger charge is 2.12. The molecule has 4 N–H and O–H groups in total. The molecule has 0 radical (unpaired) electrons. The summed E-state index contributed by atoms with van der Waals surface area (Å²) >= 11 is 4.43. The maximum atomic E-state index is 11.1. The molecule has 0 saturated heterocycles. The van der Waals surface area contributed by atoms with Crippen LogP contribution < -0.4 is 15.8 Å². The lowest BCUT2D eigenvalue weighted by atomic mass is 10.6. The molecule has 0 aliphatic rings. The van der Waals surface area contributed by atoms with Gasteiger partial charge < -0.3 is 11.1 Å². The molecule has 0 rings (SSSR count). The van der Waals surface area contributed by atoms with Crippen LogP contribution in [0.5, 0.6) is 0 Å². The predicted octanol–water partition coefficient (Wildman–Crippen LogP) is -1.67. The number of hydrogen-bond donors (Lipinski definition) is 3. The maximum Gasteiger partial charge on any atom is 0.235 e. The molecule has 1 amide bonds. The minimum Gasteiger partial charge on any atom is -0.392 e. The van der Waals surface area contributed by atoms with Gasteiger partial charge >= 0.3 is 0 Å². The summed E-state index contributed by atoms with van der Waals surface area (Å²) in [5, 5.41) is 2.44. The normalized spacial score (nSPS) is 10.9. The first-order chi connectivity index (χ1) is 6.37. The molecule has 82 valence electrons. The van der Waals surface area contributed by atoms with Gasteiger partial charge in [0, 0.05) is 6.54 Å². The largest absolute Gasteiger partial charge is 0.392 e. The molecule has 0 unspecified atom stereocenters. The second-order valence-electron chi connectivity index (χ2n) is 2.50. The highest BCUT2D eigenvalue weighted by Crippen LogP contribution is 1.83. The molecular weight excluding hydrogens is 226 g/mol. The van der Waals surface area contributed by atoms with Gasteiger partial charge in [0.15, 0.2) is 0 Å². The number of rotatable bonds is 6. The first kappa shape index (κ1) is 13.3. The molecule has 0 bridgehead atoms. The molecule has 6 nitrogen and oxygen atoms in total. The van der Waals surface area contributed by atoms with Crippen molar-refractivity contribution in [1.82, 2.24) is 10.0 Å². The first-order valence-electron chi connectivity index (χ1n) is 3.89. The van der Waals surface area contributed by atoms with Crippen molar-refractivity contribution in [3.8, 4) is 0 Å². The Bertz CT molecular complexity index is 312. The van der Waals surface area contributed by atoms with Gasteiger partial charge in [-0.05, 0) is 6.92 Å². The van der Waals surface area contributed by atoms with E-state index in [1.165, 1.54) is 0 Å². The van der Waals surface area contributed by atoms with Crippen molar-refractivity contribution >= 4 is 33.1 Å².